The number of aromatic nitrogens is 2. The molecule has 0 N–H and O–H groups in total. The van der Waals surface area contributed by atoms with E-state index in [4.69, 9.17) is 13.9 Å². The lowest BCUT2D eigenvalue weighted by atomic mass is 10.2. The predicted molar refractivity (Wildman–Crippen MR) is 98.3 cm³/mol. The standard InChI is InChI=1S/C19H20N2O3S/c1-3-14-7-6-8-15(13-14)23-11-12-25-19-21-20-18(24-19)16-9-4-5-10-17(16)22-2/h4-10,13H,3,11-12H2,1-2H3. The number of aryl methyl sites for hydroxylation is 1. The second kappa shape index (κ2) is 8.58. The summed E-state index contributed by atoms with van der Waals surface area (Å²) in [5.74, 6) is 2.78. The fourth-order valence-corrected chi connectivity index (χ4v) is 2.92. The van der Waals surface area contributed by atoms with Gasteiger partial charge in [0.25, 0.3) is 11.1 Å². The van der Waals surface area contributed by atoms with Gasteiger partial charge in [-0.3, -0.25) is 0 Å². The summed E-state index contributed by atoms with van der Waals surface area (Å²) >= 11 is 1.47. The van der Waals surface area contributed by atoms with Gasteiger partial charge in [-0.25, -0.2) is 0 Å². The Balaban J connectivity index is 1.53. The average molecular weight is 356 g/mol. The van der Waals surface area contributed by atoms with Crippen molar-refractivity contribution < 1.29 is 13.9 Å². The molecule has 25 heavy (non-hydrogen) atoms. The molecule has 130 valence electrons. The highest BCUT2D eigenvalue weighted by Gasteiger charge is 2.13. The molecular formula is C19H20N2O3S. The van der Waals surface area contributed by atoms with Crippen LogP contribution in [0.3, 0.4) is 0 Å². The number of hydrogen-bond acceptors (Lipinski definition) is 6. The molecule has 0 aliphatic heterocycles. The first-order chi connectivity index (χ1) is 12.3. The van der Waals surface area contributed by atoms with E-state index in [0.29, 0.717) is 23.5 Å². The van der Waals surface area contributed by atoms with Crippen LogP contribution in [-0.2, 0) is 6.42 Å². The Hall–Kier alpha value is -2.47. The van der Waals surface area contributed by atoms with Crippen LogP contribution in [0.15, 0.2) is 58.2 Å². The highest BCUT2D eigenvalue weighted by atomic mass is 32.2. The first-order valence-electron chi connectivity index (χ1n) is 8.11. The quantitative estimate of drug-likeness (QED) is 0.438. The molecule has 5 nitrogen and oxygen atoms in total. The third kappa shape index (κ3) is 4.54. The monoisotopic (exact) mass is 356 g/mol. The summed E-state index contributed by atoms with van der Waals surface area (Å²) in [5, 5.41) is 8.69. The summed E-state index contributed by atoms with van der Waals surface area (Å²) in [6.45, 7) is 2.70. The zero-order valence-corrected chi connectivity index (χ0v) is 15.1. The van der Waals surface area contributed by atoms with Gasteiger partial charge in [0.15, 0.2) is 0 Å². The number of hydrogen-bond donors (Lipinski definition) is 0. The summed E-state index contributed by atoms with van der Waals surface area (Å²) in [4.78, 5) is 0. The van der Waals surface area contributed by atoms with Crippen LogP contribution in [0.4, 0.5) is 0 Å². The molecule has 3 rings (SSSR count). The zero-order valence-electron chi connectivity index (χ0n) is 14.3. The molecule has 0 aliphatic rings. The Morgan fingerprint density at radius 3 is 2.80 bits per heavy atom. The van der Waals surface area contributed by atoms with Crippen LogP contribution < -0.4 is 9.47 Å². The van der Waals surface area contributed by atoms with E-state index >= 15 is 0 Å². The fraction of sp³-hybridized carbons (Fsp3) is 0.263. The van der Waals surface area contributed by atoms with Crippen LogP contribution in [0, 0.1) is 0 Å². The highest BCUT2D eigenvalue weighted by molar-refractivity contribution is 7.99. The normalized spacial score (nSPS) is 10.6. The Morgan fingerprint density at radius 1 is 1.08 bits per heavy atom. The maximum atomic E-state index is 5.77. The summed E-state index contributed by atoms with van der Waals surface area (Å²) in [6.07, 6.45) is 1.000. The van der Waals surface area contributed by atoms with Gasteiger partial charge in [-0.1, -0.05) is 43.0 Å². The van der Waals surface area contributed by atoms with Crippen LogP contribution in [0.5, 0.6) is 11.5 Å². The molecule has 0 spiro atoms. The van der Waals surface area contributed by atoms with Crippen molar-refractivity contribution in [2.24, 2.45) is 0 Å². The van der Waals surface area contributed by atoms with E-state index < -0.39 is 0 Å². The Labute approximate surface area is 151 Å². The molecule has 1 aromatic heterocycles. The molecule has 0 unspecified atom stereocenters. The van der Waals surface area contributed by atoms with Crippen molar-refractivity contribution in [1.29, 1.82) is 0 Å². The van der Waals surface area contributed by atoms with Gasteiger partial charge in [0.05, 0.1) is 19.3 Å². The van der Waals surface area contributed by atoms with Crippen LogP contribution in [0.25, 0.3) is 11.5 Å². The minimum atomic E-state index is 0.455. The number of para-hydroxylation sites is 1. The van der Waals surface area contributed by atoms with Crippen molar-refractivity contribution in [3.63, 3.8) is 0 Å². The molecular weight excluding hydrogens is 336 g/mol. The SMILES string of the molecule is CCc1cccc(OCCSc2nnc(-c3ccccc3OC)o2)c1. The van der Waals surface area contributed by atoms with Crippen molar-refractivity contribution in [3.8, 4) is 23.0 Å². The molecule has 2 aromatic carbocycles. The third-order valence-electron chi connectivity index (χ3n) is 3.63. The lowest BCUT2D eigenvalue weighted by molar-refractivity contribution is 0.343. The van der Waals surface area contributed by atoms with E-state index in [1.807, 2.05) is 36.4 Å². The van der Waals surface area contributed by atoms with E-state index in [1.165, 1.54) is 17.3 Å². The number of nitrogens with zero attached hydrogens (tertiary/aromatic N) is 2. The molecule has 0 aliphatic carbocycles. The van der Waals surface area contributed by atoms with Crippen molar-refractivity contribution >= 4 is 11.8 Å². The van der Waals surface area contributed by atoms with Gasteiger partial charge < -0.3 is 13.9 Å². The van der Waals surface area contributed by atoms with E-state index in [-0.39, 0.29) is 0 Å². The molecule has 0 saturated heterocycles. The second-order valence-electron chi connectivity index (χ2n) is 5.27. The molecule has 6 heteroatoms. The zero-order chi connectivity index (χ0) is 17.5. The fourth-order valence-electron chi connectivity index (χ4n) is 2.34. The summed E-state index contributed by atoms with van der Waals surface area (Å²) in [5.41, 5.74) is 2.06. The Kier molecular flexibility index (Phi) is 5.95. The van der Waals surface area contributed by atoms with Gasteiger partial charge in [0, 0.05) is 5.75 Å². The van der Waals surface area contributed by atoms with Crippen LogP contribution in [-0.4, -0.2) is 29.7 Å². The van der Waals surface area contributed by atoms with Gasteiger partial charge in [0.1, 0.15) is 11.5 Å². The van der Waals surface area contributed by atoms with Crippen LogP contribution >= 0.6 is 11.8 Å². The van der Waals surface area contributed by atoms with Gasteiger partial charge in [-0.2, -0.15) is 0 Å². The van der Waals surface area contributed by atoms with Crippen LogP contribution in [0.1, 0.15) is 12.5 Å². The number of ether oxygens (including phenoxy) is 2. The number of methoxy groups -OCH3 is 1. The number of benzene rings is 2. The van der Waals surface area contributed by atoms with E-state index in [0.717, 1.165) is 23.5 Å². The largest absolute Gasteiger partial charge is 0.496 e. The molecule has 0 radical (unpaired) electrons. The molecule has 1 heterocycles. The maximum Gasteiger partial charge on any atom is 0.276 e. The minimum Gasteiger partial charge on any atom is -0.496 e. The summed E-state index contributed by atoms with van der Waals surface area (Å²) < 4.78 is 16.8. The molecule has 0 atom stereocenters. The maximum absolute atomic E-state index is 5.77. The lowest BCUT2D eigenvalue weighted by Gasteiger charge is -2.06. The number of thioether (sulfide) groups is 1. The minimum absolute atomic E-state index is 0.455. The average Bonchev–Trinajstić information content (AvgIpc) is 3.14. The van der Waals surface area contributed by atoms with Gasteiger partial charge in [-0.05, 0) is 36.2 Å². The van der Waals surface area contributed by atoms with Crippen molar-refractivity contribution in [2.75, 3.05) is 19.5 Å². The molecule has 0 bridgehead atoms. The Bertz CT molecular complexity index is 820. The number of rotatable bonds is 8. The molecule has 3 aromatic rings. The topological polar surface area (TPSA) is 57.4 Å². The first kappa shape index (κ1) is 17.4. The van der Waals surface area contributed by atoms with E-state index in [1.54, 1.807) is 7.11 Å². The van der Waals surface area contributed by atoms with Gasteiger partial charge in [-0.15, -0.1) is 10.2 Å². The van der Waals surface area contributed by atoms with Gasteiger partial charge >= 0.3 is 0 Å². The van der Waals surface area contributed by atoms with E-state index in [2.05, 4.69) is 29.3 Å². The third-order valence-corrected chi connectivity index (χ3v) is 4.41. The lowest BCUT2D eigenvalue weighted by Crippen LogP contribution is -2.00. The van der Waals surface area contributed by atoms with E-state index in [9.17, 15) is 0 Å². The first-order valence-corrected chi connectivity index (χ1v) is 9.10. The van der Waals surface area contributed by atoms with Gasteiger partial charge in [0.2, 0.25) is 0 Å². The van der Waals surface area contributed by atoms with Crippen molar-refractivity contribution in [1.82, 2.24) is 10.2 Å². The predicted octanol–water partition coefficient (Wildman–Crippen LogP) is 4.48. The van der Waals surface area contributed by atoms with Crippen molar-refractivity contribution in [3.05, 3.63) is 54.1 Å². The smallest absolute Gasteiger partial charge is 0.276 e. The molecule has 0 saturated carbocycles. The van der Waals surface area contributed by atoms with Crippen molar-refractivity contribution in [2.45, 2.75) is 18.6 Å². The summed E-state index contributed by atoms with van der Waals surface area (Å²) in [6, 6.07) is 15.7. The van der Waals surface area contributed by atoms with Crippen LogP contribution in [0.2, 0.25) is 0 Å². The highest BCUT2D eigenvalue weighted by Crippen LogP contribution is 2.30. The second-order valence-corrected chi connectivity index (χ2v) is 6.32. The Morgan fingerprint density at radius 2 is 1.96 bits per heavy atom. The molecule has 0 amide bonds. The summed E-state index contributed by atoms with van der Waals surface area (Å²) in [7, 11) is 1.62. The molecule has 0 fully saturated rings.